The highest BCUT2D eigenvalue weighted by atomic mass is 35.5. The molecule has 1 aromatic carbocycles. The van der Waals surface area contributed by atoms with Crippen LogP contribution in [0.3, 0.4) is 0 Å². The molecule has 6 nitrogen and oxygen atoms in total. The van der Waals surface area contributed by atoms with Crippen molar-refractivity contribution in [2.45, 2.75) is 43.9 Å². The molecule has 0 saturated carbocycles. The van der Waals surface area contributed by atoms with Crippen LogP contribution >= 0.6 is 12.4 Å². The van der Waals surface area contributed by atoms with Gasteiger partial charge >= 0.3 is 0 Å². The smallest absolute Gasteiger partial charge is 0.243 e. The van der Waals surface area contributed by atoms with Gasteiger partial charge in [0.25, 0.3) is 0 Å². The van der Waals surface area contributed by atoms with Gasteiger partial charge in [0, 0.05) is 32.6 Å². The Hall–Kier alpha value is -1.15. The molecule has 0 unspecified atom stereocenters. The molecule has 2 N–H and O–H groups in total. The third-order valence-electron chi connectivity index (χ3n) is 4.39. The van der Waals surface area contributed by atoms with Gasteiger partial charge in [-0.25, -0.2) is 8.42 Å². The molecule has 148 valence electrons. The summed E-state index contributed by atoms with van der Waals surface area (Å²) in [6, 6.07) is 6.93. The number of hydrogen-bond donors (Lipinski definition) is 2. The molecule has 26 heavy (non-hydrogen) atoms. The number of carbonyl (C=O) groups excluding carboxylic acids is 1. The Morgan fingerprint density at radius 2 is 1.73 bits per heavy atom. The van der Waals surface area contributed by atoms with Crippen LogP contribution in [0, 0.1) is 0 Å². The molecule has 1 aliphatic rings. The van der Waals surface area contributed by atoms with Crippen molar-refractivity contribution in [1.82, 2.24) is 14.9 Å². The van der Waals surface area contributed by atoms with E-state index < -0.39 is 10.0 Å². The van der Waals surface area contributed by atoms with Crippen molar-refractivity contribution in [2.75, 3.05) is 32.7 Å². The van der Waals surface area contributed by atoms with E-state index in [9.17, 15) is 13.2 Å². The maximum atomic E-state index is 12.6. The van der Waals surface area contributed by atoms with Gasteiger partial charge in [-0.3, -0.25) is 4.79 Å². The summed E-state index contributed by atoms with van der Waals surface area (Å²) in [5.74, 6) is 0.0166. The van der Waals surface area contributed by atoms with Crippen LogP contribution in [0.4, 0.5) is 0 Å². The molecule has 0 radical (unpaired) electrons. The number of halogens is 1. The number of nitrogens with one attached hydrogen (secondary N) is 2. The highest BCUT2D eigenvalue weighted by molar-refractivity contribution is 7.89. The zero-order valence-corrected chi connectivity index (χ0v) is 17.0. The molecule has 0 atom stereocenters. The van der Waals surface area contributed by atoms with Crippen LogP contribution in [0.1, 0.15) is 38.2 Å². The van der Waals surface area contributed by atoms with E-state index >= 15 is 0 Å². The van der Waals surface area contributed by atoms with E-state index in [1.165, 1.54) is 0 Å². The molecule has 2 rings (SSSR count). The Morgan fingerprint density at radius 1 is 1.08 bits per heavy atom. The molecular formula is C18H30ClN3O3S. The summed E-state index contributed by atoms with van der Waals surface area (Å²) in [6.45, 7) is 5.53. The largest absolute Gasteiger partial charge is 0.355 e. The molecule has 1 aromatic rings. The van der Waals surface area contributed by atoms with Crippen molar-refractivity contribution in [3.63, 3.8) is 0 Å². The summed E-state index contributed by atoms with van der Waals surface area (Å²) in [5, 5.41) is 6.01. The minimum atomic E-state index is -3.38. The first-order chi connectivity index (χ1) is 12.0. The number of amides is 1. The molecule has 1 aliphatic heterocycles. The Morgan fingerprint density at radius 3 is 2.35 bits per heavy atom. The van der Waals surface area contributed by atoms with Gasteiger partial charge in [0.05, 0.1) is 4.90 Å². The zero-order valence-electron chi connectivity index (χ0n) is 15.4. The average Bonchev–Trinajstić information content (AvgIpc) is 2.64. The first kappa shape index (κ1) is 22.9. The fourth-order valence-corrected chi connectivity index (χ4v) is 4.41. The fraction of sp³-hybridized carbons (Fsp3) is 0.611. The zero-order chi connectivity index (χ0) is 18.1. The van der Waals surface area contributed by atoms with Gasteiger partial charge in [-0.15, -0.1) is 12.4 Å². The maximum Gasteiger partial charge on any atom is 0.243 e. The van der Waals surface area contributed by atoms with Crippen molar-refractivity contribution >= 4 is 28.3 Å². The van der Waals surface area contributed by atoms with E-state index in [0.29, 0.717) is 37.4 Å². The van der Waals surface area contributed by atoms with Crippen LogP contribution in [0.25, 0.3) is 0 Å². The number of hydrogen-bond acceptors (Lipinski definition) is 4. The van der Waals surface area contributed by atoms with E-state index in [0.717, 1.165) is 37.9 Å². The van der Waals surface area contributed by atoms with Gasteiger partial charge in [0.15, 0.2) is 0 Å². The van der Waals surface area contributed by atoms with E-state index in [1.807, 2.05) is 19.1 Å². The molecular weight excluding hydrogens is 374 g/mol. The number of rotatable bonds is 9. The predicted octanol–water partition coefficient (Wildman–Crippen LogP) is 1.94. The highest BCUT2D eigenvalue weighted by Gasteiger charge is 2.25. The molecule has 1 heterocycles. The fourth-order valence-electron chi connectivity index (χ4n) is 2.90. The summed E-state index contributed by atoms with van der Waals surface area (Å²) in [5.41, 5.74) is 0.972. The van der Waals surface area contributed by atoms with Crippen molar-refractivity contribution in [2.24, 2.45) is 0 Å². The Bertz CT molecular complexity index is 644. The van der Waals surface area contributed by atoms with Gasteiger partial charge in [-0.1, -0.05) is 25.5 Å². The van der Waals surface area contributed by atoms with E-state index in [-0.39, 0.29) is 18.3 Å². The molecule has 1 fully saturated rings. The van der Waals surface area contributed by atoms with Gasteiger partial charge in [-0.05, 0) is 43.5 Å². The number of carbonyl (C=O) groups is 1. The van der Waals surface area contributed by atoms with Gasteiger partial charge in [-0.2, -0.15) is 4.31 Å². The maximum absolute atomic E-state index is 12.6. The number of aryl methyl sites for hydroxylation is 1. The first-order valence-electron chi connectivity index (χ1n) is 9.10. The number of likely N-dealkylation sites (N-methyl/N-ethyl adjacent to an activating group) is 1. The minimum Gasteiger partial charge on any atom is -0.355 e. The lowest BCUT2D eigenvalue weighted by molar-refractivity contribution is -0.121. The lowest BCUT2D eigenvalue weighted by atomic mass is 10.1. The quantitative estimate of drug-likeness (QED) is 0.617. The molecule has 1 amide bonds. The van der Waals surface area contributed by atoms with Gasteiger partial charge in [0.2, 0.25) is 15.9 Å². The van der Waals surface area contributed by atoms with Crippen molar-refractivity contribution in [1.29, 1.82) is 0 Å². The summed E-state index contributed by atoms with van der Waals surface area (Å²) < 4.78 is 26.8. The highest BCUT2D eigenvalue weighted by Crippen LogP contribution is 2.21. The second-order valence-corrected chi connectivity index (χ2v) is 8.25. The van der Waals surface area contributed by atoms with Crippen molar-refractivity contribution in [3.05, 3.63) is 29.8 Å². The summed E-state index contributed by atoms with van der Waals surface area (Å²) in [6.07, 6.45) is 3.98. The van der Waals surface area contributed by atoms with Crippen molar-refractivity contribution in [3.8, 4) is 0 Å². The molecule has 8 heteroatoms. The predicted molar refractivity (Wildman–Crippen MR) is 106 cm³/mol. The second-order valence-electron chi connectivity index (χ2n) is 6.31. The Balaban J connectivity index is 0.00000338. The Kier molecular flexibility index (Phi) is 10.2. The van der Waals surface area contributed by atoms with E-state index in [4.69, 9.17) is 0 Å². The summed E-state index contributed by atoms with van der Waals surface area (Å²) in [4.78, 5) is 12.1. The van der Waals surface area contributed by atoms with Gasteiger partial charge < -0.3 is 10.6 Å². The molecule has 0 spiro atoms. The molecule has 0 bridgehead atoms. The first-order valence-corrected chi connectivity index (χ1v) is 10.5. The van der Waals surface area contributed by atoms with Crippen LogP contribution in [-0.2, 0) is 21.2 Å². The number of piperidine rings is 1. The van der Waals surface area contributed by atoms with E-state index in [1.54, 1.807) is 16.4 Å². The lowest BCUT2D eigenvalue weighted by Gasteiger charge is -2.25. The van der Waals surface area contributed by atoms with Crippen LogP contribution in [-0.4, -0.2) is 51.4 Å². The minimum absolute atomic E-state index is 0. The average molecular weight is 404 g/mol. The topological polar surface area (TPSA) is 78.5 Å². The van der Waals surface area contributed by atoms with Crippen LogP contribution < -0.4 is 10.6 Å². The standard InChI is InChI=1S/C18H29N3O3S.ClH/c1-2-19-12-13-20-18(22)11-8-16-6-9-17(10-7-16)25(23,24)21-14-4-3-5-15-21;/h6-7,9-10,19H,2-5,8,11-15H2,1H3,(H,20,22);1H. The number of benzene rings is 1. The third-order valence-corrected chi connectivity index (χ3v) is 6.30. The van der Waals surface area contributed by atoms with Crippen molar-refractivity contribution < 1.29 is 13.2 Å². The third kappa shape index (κ3) is 6.87. The van der Waals surface area contributed by atoms with Crippen LogP contribution in [0.2, 0.25) is 0 Å². The van der Waals surface area contributed by atoms with Crippen LogP contribution in [0.5, 0.6) is 0 Å². The molecule has 0 aliphatic carbocycles. The van der Waals surface area contributed by atoms with Gasteiger partial charge in [0.1, 0.15) is 0 Å². The summed E-state index contributed by atoms with van der Waals surface area (Å²) >= 11 is 0. The second kappa shape index (κ2) is 11.5. The SMILES string of the molecule is CCNCCNC(=O)CCc1ccc(S(=O)(=O)N2CCCCC2)cc1.Cl. The lowest BCUT2D eigenvalue weighted by Crippen LogP contribution is -2.35. The normalized spacial score (nSPS) is 15.3. The molecule has 0 aromatic heterocycles. The number of nitrogens with zero attached hydrogens (tertiary/aromatic N) is 1. The Labute approximate surface area is 163 Å². The summed E-state index contributed by atoms with van der Waals surface area (Å²) in [7, 11) is -3.38. The molecule has 1 saturated heterocycles. The van der Waals surface area contributed by atoms with E-state index in [2.05, 4.69) is 10.6 Å². The number of sulfonamides is 1. The van der Waals surface area contributed by atoms with Crippen LogP contribution in [0.15, 0.2) is 29.2 Å². The monoisotopic (exact) mass is 403 g/mol.